The first-order valence-electron chi connectivity index (χ1n) is 6.55. The zero-order valence-corrected chi connectivity index (χ0v) is 14.1. The van der Waals surface area contributed by atoms with E-state index in [1.54, 1.807) is 37.4 Å². The summed E-state index contributed by atoms with van der Waals surface area (Å²) in [7, 11) is 0. The maximum atomic E-state index is 11.9. The van der Waals surface area contributed by atoms with E-state index in [1.165, 1.54) is 0 Å². The van der Waals surface area contributed by atoms with Crippen molar-refractivity contribution in [2.24, 2.45) is 5.10 Å². The summed E-state index contributed by atoms with van der Waals surface area (Å²) < 4.78 is 6.45. The Morgan fingerprint density at radius 2 is 2.05 bits per heavy atom. The Kier molecular flexibility index (Phi) is 5.98. The Bertz CT molecular complexity index is 674. The second kappa shape index (κ2) is 7.96. The lowest BCUT2D eigenvalue weighted by Crippen LogP contribution is -2.33. The first kappa shape index (κ1) is 16.5. The number of halogens is 2. The zero-order valence-electron chi connectivity index (χ0n) is 11.8. The standard InChI is InChI=1S/C16H14BrClN2O2/c1-11(22-15-7-5-14(18)6-8-15)16(21)20-19-10-12-3-2-4-13(17)9-12/h2-11H,1H3,(H,20,21)/b19-10+/t11-/m1/s1. The number of rotatable bonds is 5. The fourth-order valence-electron chi connectivity index (χ4n) is 1.62. The van der Waals surface area contributed by atoms with Crippen LogP contribution in [0.5, 0.6) is 5.75 Å². The average molecular weight is 382 g/mol. The van der Waals surface area contributed by atoms with E-state index in [-0.39, 0.29) is 5.91 Å². The van der Waals surface area contributed by atoms with Gasteiger partial charge in [-0.3, -0.25) is 4.79 Å². The van der Waals surface area contributed by atoms with E-state index in [0.29, 0.717) is 10.8 Å². The predicted molar refractivity (Wildman–Crippen MR) is 91.4 cm³/mol. The SMILES string of the molecule is C[C@@H](Oc1ccc(Cl)cc1)C(=O)N/N=C/c1cccc(Br)c1. The number of nitrogens with zero attached hydrogens (tertiary/aromatic N) is 1. The molecule has 6 heteroatoms. The molecule has 0 unspecified atom stereocenters. The molecule has 4 nitrogen and oxygen atoms in total. The molecule has 0 spiro atoms. The molecule has 2 aromatic carbocycles. The Hall–Kier alpha value is -1.85. The Morgan fingerprint density at radius 3 is 2.73 bits per heavy atom. The van der Waals surface area contributed by atoms with Gasteiger partial charge >= 0.3 is 0 Å². The number of amides is 1. The molecule has 0 heterocycles. The van der Waals surface area contributed by atoms with Crippen molar-refractivity contribution in [2.45, 2.75) is 13.0 Å². The van der Waals surface area contributed by atoms with Crippen LogP contribution in [-0.4, -0.2) is 18.2 Å². The summed E-state index contributed by atoms with van der Waals surface area (Å²) in [5.74, 6) is 0.240. The lowest BCUT2D eigenvalue weighted by Gasteiger charge is -2.12. The topological polar surface area (TPSA) is 50.7 Å². The molecular formula is C16H14BrClN2O2. The van der Waals surface area contributed by atoms with Gasteiger partial charge in [0.1, 0.15) is 5.75 Å². The Balaban J connectivity index is 1.87. The van der Waals surface area contributed by atoms with Crippen LogP contribution in [0, 0.1) is 0 Å². The minimum atomic E-state index is -0.666. The van der Waals surface area contributed by atoms with E-state index in [0.717, 1.165) is 10.0 Å². The summed E-state index contributed by atoms with van der Waals surface area (Å²) in [5, 5.41) is 4.53. The molecule has 0 radical (unpaired) electrons. The van der Waals surface area contributed by atoms with Gasteiger partial charge < -0.3 is 4.74 Å². The quantitative estimate of drug-likeness (QED) is 0.628. The predicted octanol–water partition coefficient (Wildman–Crippen LogP) is 4.02. The molecule has 22 heavy (non-hydrogen) atoms. The number of nitrogens with one attached hydrogen (secondary N) is 1. The van der Waals surface area contributed by atoms with Gasteiger partial charge in [-0.15, -0.1) is 0 Å². The summed E-state index contributed by atoms with van der Waals surface area (Å²) in [6, 6.07) is 14.4. The summed E-state index contributed by atoms with van der Waals surface area (Å²) in [5.41, 5.74) is 3.32. The van der Waals surface area contributed by atoms with Crippen LogP contribution >= 0.6 is 27.5 Å². The van der Waals surface area contributed by atoms with Crippen molar-refractivity contribution >= 4 is 39.7 Å². The third kappa shape index (κ3) is 5.16. The van der Waals surface area contributed by atoms with Crippen LogP contribution in [0.2, 0.25) is 5.02 Å². The molecule has 114 valence electrons. The molecule has 1 N–H and O–H groups in total. The fraction of sp³-hybridized carbons (Fsp3) is 0.125. The molecule has 0 aliphatic rings. The van der Waals surface area contributed by atoms with Crippen LogP contribution in [0.25, 0.3) is 0 Å². The van der Waals surface area contributed by atoms with Crippen molar-refractivity contribution < 1.29 is 9.53 Å². The number of hydrogen-bond acceptors (Lipinski definition) is 3. The van der Waals surface area contributed by atoms with Crippen molar-refractivity contribution in [2.75, 3.05) is 0 Å². The molecule has 0 saturated heterocycles. The fourth-order valence-corrected chi connectivity index (χ4v) is 2.16. The third-order valence-electron chi connectivity index (χ3n) is 2.73. The Morgan fingerprint density at radius 1 is 1.32 bits per heavy atom. The summed E-state index contributed by atoms with van der Waals surface area (Å²) in [4.78, 5) is 11.9. The highest BCUT2D eigenvalue weighted by Crippen LogP contribution is 2.16. The van der Waals surface area contributed by atoms with Crippen molar-refractivity contribution in [3.05, 3.63) is 63.6 Å². The monoisotopic (exact) mass is 380 g/mol. The van der Waals surface area contributed by atoms with Gasteiger partial charge in [-0.25, -0.2) is 5.43 Å². The largest absolute Gasteiger partial charge is 0.481 e. The third-order valence-corrected chi connectivity index (χ3v) is 3.48. The number of benzene rings is 2. The first-order valence-corrected chi connectivity index (χ1v) is 7.72. The smallest absolute Gasteiger partial charge is 0.280 e. The van der Waals surface area contributed by atoms with Gasteiger partial charge in [0.15, 0.2) is 6.10 Å². The first-order chi connectivity index (χ1) is 10.5. The molecule has 1 amide bonds. The highest BCUT2D eigenvalue weighted by atomic mass is 79.9. The molecule has 0 fully saturated rings. The van der Waals surface area contributed by atoms with Crippen LogP contribution in [0.3, 0.4) is 0 Å². The van der Waals surface area contributed by atoms with Gasteiger partial charge in [0.25, 0.3) is 5.91 Å². The second-order valence-corrected chi connectivity index (χ2v) is 5.86. The molecule has 0 bridgehead atoms. The van der Waals surface area contributed by atoms with Crippen LogP contribution in [0.1, 0.15) is 12.5 Å². The van der Waals surface area contributed by atoms with Gasteiger partial charge in [-0.05, 0) is 48.9 Å². The summed E-state index contributed by atoms with van der Waals surface area (Å²) >= 11 is 9.16. The summed E-state index contributed by atoms with van der Waals surface area (Å²) in [6.45, 7) is 1.65. The Labute approximate surface area is 142 Å². The number of carbonyl (C=O) groups excluding carboxylic acids is 1. The normalized spacial score (nSPS) is 12.1. The van der Waals surface area contributed by atoms with E-state index in [1.807, 2.05) is 24.3 Å². The van der Waals surface area contributed by atoms with E-state index < -0.39 is 6.10 Å². The van der Waals surface area contributed by atoms with Crippen LogP contribution in [0.15, 0.2) is 58.1 Å². The van der Waals surface area contributed by atoms with Crippen LogP contribution in [0.4, 0.5) is 0 Å². The van der Waals surface area contributed by atoms with Gasteiger partial charge in [0, 0.05) is 9.50 Å². The van der Waals surface area contributed by atoms with Crippen molar-refractivity contribution in [1.29, 1.82) is 0 Å². The minimum absolute atomic E-state index is 0.332. The number of hydrogen-bond donors (Lipinski definition) is 1. The lowest BCUT2D eigenvalue weighted by molar-refractivity contribution is -0.127. The van der Waals surface area contributed by atoms with E-state index in [4.69, 9.17) is 16.3 Å². The van der Waals surface area contributed by atoms with Gasteiger partial charge in [0.05, 0.1) is 6.21 Å². The average Bonchev–Trinajstić information content (AvgIpc) is 2.49. The van der Waals surface area contributed by atoms with Crippen LogP contribution in [-0.2, 0) is 4.79 Å². The molecule has 2 aromatic rings. The molecule has 0 aliphatic heterocycles. The molecule has 0 aromatic heterocycles. The number of carbonyl (C=O) groups is 1. The molecule has 2 rings (SSSR count). The van der Waals surface area contributed by atoms with E-state index >= 15 is 0 Å². The molecule has 0 saturated carbocycles. The highest BCUT2D eigenvalue weighted by Gasteiger charge is 2.13. The van der Waals surface area contributed by atoms with E-state index in [2.05, 4.69) is 26.5 Å². The summed E-state index contributed by atoms with van der Waals surface area (Å²) in [6.07, 6.45) is 0.901. The second-order valence-electron chi connectivity index (χ2n) is 4.50. The van der Waals surface area contributed by atoms with Crippen molar-refractivity contribution in [3.8, 4) is 5.75 Å². The van der Waals surface area contributed by atoms with Crippen molar-refractivity contribution in [1.82, 2.24) is 5.43 Å². The van der Waals surface area contributed by atoms with Gasteiger partial charge in [-0.1, -0.05) is 39.7 Å². The van der Waals surface area contributed by atoms with Crippen molar-refractivity contribution in [3.63, 3.8) is 0 Å². The van der Waals surface area contributed by atoms with Gasteiger partial charge in [0.2, 0.25) is 0 Å². The number of hydrazone groups is 1. The molecular weight excluding hydrogens is 368 g/mol. The maximum Gasteiger partial charge on any atom is 0.280 e. The molecule has 1 atom stereocenters. The number of ether oxygens (including phenoxy) is 1. The van der Waals surface area contributed by atoms with Crippen LogP contribution < -0.4 is 10.2 Å². The minimum Gasteiger partial charge on any atom is -0.481 e. The lowest BCUT2D eigenvalue weighted by atomic mass is 10.2. The molecule has 0 aliphatic carbocycles. The van der Waals surface area contributed by atoms with E-state index in [9.17, 15) is 4.79 Å². The maximum absolute atomic E-state index is 11.9. The highest BCUT2D eigenvalue weighted by molar-refractivity contribution is 9.10. The zero-order chi connectivity index (χ0) is 15.9. The van der Waals surface area contributed by atoms with Gasteiger partial charge in [-0.2, -0.15) is 5.10 Å².